The number of rotatable bonds is 6. The van der Waals surface area contributed by atoms with Gasteiger partial charge in [-0.15, -0.1) is 0 Å². The van der Waals surface area contributed by atoms with E-state index in [1.165, 1.54) is 6.07 Å². The molecule has 1 aliphatic rings. The lowest BCUT2D eigenvalue weighted by Crippen LogP contribution is -2.53. The van der Waals surface area contributed by atoms with Gasteiger partial charge in [0.2, 0.25) is 0 Å². The predicted octanol–water partition coefficient (Wildman–Crippen LogP) is 3.59. The number of nitrogens with zero attached hydrogens (tertiary/aromatic N) is 1. The van der Waals surface area contributed by atoms with E-state index < -0.39 is 0 Å². The van der Waals surface area contributed by atoms with Crippen molar-refractivity contribution in [1.29, 1.82) is 0 Å². The number of carbonyl (C=O) groups excluding carboxylic acids is 1. The summed E-state index contributed by atoms with van der Waals surface area (Å²) in [5.74, 6) is -0.0858. The summed E-state index contributed by atoms with van der Waals surface area (Å²) in [6.45, 7) is 5.94. The third kappa shape index (κ3) is 2.78. The van der Waals surface area contributed by atoms with E-state index in [-0.39, 0.29) is 23.6 Å². The SMILES string of the molecule is CCN(CC)C1(C(=O)Cc2ccccc2F)CCCC1. The third-order valence-electron chi connectivity index (χ3n) is 4.63. The van der Waals surface area contributed by atoms with Crippen molar-refractivity contribution in [3.8, 4) is 0 Å². The van der Waals surface area contributed by atoms with E-state index in [0.29, 0.717) is 5.56 Å². The van der Waals surface area contributed by atoms with Gasteiger partial charge in [0.05, 0.1) is 5.54 Å². The van der Waals surface area contributed by atoms with Crippen LogP contribution in [0, 0.1) is 5.82 Å². The molecule has 0 heterocycles. The Kier molecular flexibility index (Phi) is 4.92. The van der Waals surface area contributed by atoms with Gasteiger partial charge in [-0.3, -0.25) is 9.69 Å². The van der Waals surface area contributed by atoms with Gasteiger partial charge in [0.25, 0.3) is 0 Å². The average molecular weight is 277 g/mol. The standard InChI is InChI=1S/C17H24FNO/c1-3-19(4-2)17(11-7-8-12-17)16(20)13-14-9-5-6-10-15(14)18/h5-6,9-10H,3-4,7-8,11-13H2,1-2H3. The van der Waals surface area contributed by atoms with Gasteiger partial charge in [-0.2, -0.15) is 0 Å². The van der Waals surface area contributed by atoms with Gasteiger partial charge >= 0.3 is 0 Å². The Morgan fingerprint density at radius 1 is 1.20 bits per heavy atom. The molecule has 0 spiro atoms. The van der Waals surface area contributed by atoms with Crippen LogP contribution in [0.4, 0.5) is 4.39 Å². The van der Waals surface area contributed by atoms with Crippen LogP contribution >= 0.6 is 0 Å². The number of Topliss-reactive ketones (excluding diaryl/α,β-unsaturated/α-hetero) is 1. The normalized spacial score (nSPS) is 17.6. The van der Waals surface area contributed by atoms with Crippen molar-refractivity contribution in [2.75, 3.05) is 13.1 Å². The van der Waals surface area contributed by atoms with Gasteiger partial charge in [0, 0.05) is 6.42 Å². The molecule has 0 aliphatic heterocycles. The molecule has 0 atom stereocenters. The molecule has 1 aliphatic carbocycles. The summed E-state index contributed by atoms with van der Waals surface area (Å²) in [6, 6.07) is 6.61. The van der Waals surface area contributed by atoms with Gasteiger partial charge in [0.1, 0.15) is 5.82 Å². The Hall–Kier alpha value is -1.22. The predicted molar refractivity (Wildman–Crippen MR) is 79.2 cm³/mol. The molecule has 0 radical (unpaired) electrons. The van der Waals surface area contributed by atoms with E-state index in [9.17, 15) is 9.18 Å². The highest BCUT2D eigenvalue weighted by molar-refractivity contribution is 5.90. The summed E-state index contributed by atoms with van der Waals surface area (Å²) in [7, 11) is 0. The van der Waals surface area contributed by atoms with Crippen LogP contribution in [0.15, 0.2) is 24.3 Å². The highest BCUT2D eigenvalue weighted by Gasteiger charge is 2.44. The van der Waals surface area contributed by atoms with E-state index in [4.69, 9.17) is 0 Å². The summed E-state index contributed by atoms with van der Waals surface area (Å²) in [6.07, 6.45) is 4.24. The van der Waals surface area contributed by atoms with E-state index in [2.05, 4.69) is 18.7 Å². The molecule has 3 heteroatoms. The first-order valence-corrected chi connectivity index (χ1v) is 7.65. The summed E-state index contributed by atoms with van der Waals surface area (Å²) in [5, 5.41) is 0. The van der Waals surface area contributed by atoms with Crippen LogP contribution in [0.1, 0.15) is 45.1 Å². The van der Waals surface area contributed by atoms with Crippen molar-refractivity contribution in [2.24, 2.45) is 0 Å². The molecular weight excluding hydrogens is 253 g/mol. The maximum atomic E-state index is 13.8. The van der Waals surface area contributed by atoms with Crippen LogP contribution < -0.4 is 0 Å². The van der Waals surface area contributed by atoms with Gasteiger partial charge in [0.15, 0.2) is 5.78 Å². The number of benzene rings is 1. The summed E-state index contributed by atoms with van der Waals surface area (Å²) in [4.78, 5) is 15.1. The van der Waals surface area contributed by atoms with Crippen molar-refractivity contribution in [3.63, 3.8) is 0 Å². The fourth-order valence-electron chi connectivity index (χ4n) is 3.54. The highest BCUT2D eigenvalue weighted by Crippen LogP contribution is 2.37. The molecule has 2 rings (SSSR count). The summed E-state index contributed by atoms with van der Waals surface area (Å²) in [5.41, 5.74) is 0.169. The first-order chi connectivity index (χ1) is 9.64. The van der Waals surface area contributed by atoms with Crippen LogP contribution in [0.2, 0.25) is 0 Å². The fourth-order valence-corrected chi connectivity index (χ4v) is 3.54. The monoisotopic (exact) mass is 277 g/mol. The summed E-state index contributed by atoms with van der Waals surface area (Å²) >= 11 is 0. The van der Waals surface area contributed by atoms with Crippen molar-refractivity contribution in [1.82, 2.24) is 4.90 Å². The summed E-state index contributed by atoms with van der Waals surface area (Å²) < 4.78 is 13.8. The smallest absolute Gasteiger partial charge is 0.157 e. The minimum Gasteiger partial charge on any atom is -0.297 e. The molecule has 0 amide bonds. The van der Waals surface area contributed by atoms with Crippen molar-refractivity contribution in [3.05, 3.63) is 35.6 Å². The number of likely N-dealkylation sites (N-methyl/N-ethyl adjacent to an activating group) is 1. The second kappa shape index (κ2) is 6.49. The van der Waals surface area contributed by atoms with E-state index in [1.807, 2.05) is 0 Å². The van der Waals surface area contributed by atoms with Crippen LogP contribution in [-0.2, 0) is 11.2 Å². The van der Waals surface area contributed by atoms with Gasteiger partial charge in [-0.1, -0.05) is 44.9 Å². The average Bonchev–Trinajstić information content (AvgIpc) is 2.93. The number of ketones is 1. The molecule has 1 aromatic rings. The second-order valence-corrected chi connectivity index (χ2v) is 5.60. The van der Waals surface area contributed by atoms with Crippen LogP contribution in [0.25, 0.3) is 0 Å². The Morgan fingerprint density at radius 3 is 2.35 bits per heavy atom. The zero-order chi connectivity index (χ0) is 14.6. The van der Waals surface area contributed by atoms with E-state index in [0.717, 1.165) is 38.8 Å². The Morgan fingerprint density at radius 2 is 1.80 bits per heavy atom. The molecule has 1 aromatic carbocycles. The van der Waals surface area contributed by atoms with Crippen LogP contribution in [-0.4, -0.2) is 29.3 Å². The maximum Gasteiger partial charge on any atom is 0.157 e. The van der Waals surface area contributed by atoms with Crippen molar-refractivity contribution >= 4 is 5.78 Å². The first kappa shape index (κ1) is 15.2. The first-order valence-electron chi connectivity index (χ1n) is 7.65. The topological polar surface area (TPSA) is 20.3 Å². The lowest BCUT2D eigenvalue weighted by Gasteiger charge is -2.39. The minimum atomic E-state index is -0.355. The molecule has 0 unspecified atom stereocenters. The second-order valence-electron chi connectivity index (χ2n) is 5.60. The number of halogens is 1. The van der Waals surface area contributed by atoms with Crippen LogP contribution in [0.3, 0.4) is 0 Å². The Bertz CT molecular complexity index is 462. The van der Waals surface area contributed by atoms with E-state index in [1.54, 1.807) is 18.2 Å². The number of hydrogen-bond donors (Lipinski definition) is 0. The molecular formula is C17H24FNO. The van der Waals surface area contributed by atoms with Crippen molar-refractivity contribution < 1.29 is 9.18 Å². The fraction of sp³-hybridized carbons (Fsp3) is 0.588. The molecule has 2 nitrogen and oxygen atoms in total. The number of carbonyl (C=O) groups is 1. The lowest BCUT2D eigenvalue weighted by molar-refractivity contribution is -0.130. The molecule has 0 saturated heterocycles. The third-order valence-corrected chi connectivity index (χ3v) is 4.63. The molecule has 0 aromatic heterocycles. The molecule has 110 valence electrons. The zero-order valence-electron chi connectivity index (χ0n) is 12.5. The van der Waals surface area contributed by atoms with Gasteiger partial charge in [-0.25, -0.2) is 4.39 Å². The molecule has 1 fully saturated rings. The quantitative estimate of drug-likeness (QED) is 0.792. The van der Waals surface area contributed by atoms with Gasteiger partial charge in [-0.05, 0) is 37.6 Å². The highest BCUT2D eigenvalue weighted by atomic mass is 19.1. The molecule has 0 bridgehead atoms. The zero-order valence-corrected chi connectivity index (χ0v) is 12.5. The maximum absolute atomic E-state index is 13.8. The molecule has 1 saturated carbocycles. The van der Waals surface area contributed by atoms with Gasteiger partial charge < -0.3 is 0 Å². The Balaban J connectivity index is 2.22. The van der Waals surface area contributed by atoms with Crippen LogP contribution in [0.5, 0.6) is 0 Å². The molecule has 20 heavy (non-hydrogen) atoms. The minimum absolute atomic E-state index is 0.184. The van der Waals surface area contributed by atoms with E-state index >= 15 is 0 Å². The Labute approximate surface area is 121 Å². The molecule has 0 N–H and O–H groups in total. The lowest BCUT2D eigenvalue weighted by atomic mass is 9.86. The number of hydrogen-bond acceptors (Lipinski definition) is 2. The largest absolute Gasteiger partial charge is 0.297 e. The van der Waals surface area contributed by atoms with Crippen molar-refractivity contribution in [2.45, 2.75) is 51.5 Å².